The van der Waals surface area contributed by atoms with Crippen molar-refractivity contribution in [3.63, 3.8) is 0 Å². The molecule has 1 aromatic carbocycles. The van der Waals surface area contributed by atoms with E-state index >= 15 is 0 Å². The summed E-state index contributed by atoms with van der Waals surface area (Å²) < 4.78 is 5.16. The molecule has 6 heteroatoms. The molecule has 3 rings (SSSR count). The van der Waals surface area contributed by atoms with Gasteiger partial charge in [-0.05, 0) is 31.4 Å². The van der Waals surface area contributed by atoms with Gasteiger partial charge in [-0.2, -0.15) is 5.10 Å². The van der Waals surface area contributed by atoms with Gasteiger partial charge >= 0.3 is 5.97 Å². The number of likely N-dealkylation sites (N-methyl/N-ethyl adjacent to an activating group) is 1. The molecule has 6 nitrogen and oxygen atoms in total. The average molecular weight is 355 g/mol. The molecule has 138 valence electrons. The highest BCUT2D eigenvalue weighted by Gasteiger charge is 2.23. The topological polar surface area (TPSA) is 75.3 Å². The summed E-state index contributed by atoms with van der Waals surface area (Å²) in [7, 11) is 1.79. The van der Waals surface area contributed by atoms with Crippen molar-refractivity contribution < 1.29 is 14.3 Å². The number of hydrogen-bond acceptors (Lipinski definition) is 4. The summed E-state index contributed by atoms with van der Waals surface area (Å²) in [6, 6.07) is 9.80. The Labute approximate surface area is 153 Å². The molecule has 1 amide bonds. The van der Waals surface area contributed by atoms with Crippen LogP contribution in [0.2, 0.25) is 0 Å². The van der Waals surface area contributed by atoms with Crippen LogP contribution in [0.4, 0.5) is 0 Å². The second-order valence-corrected chi connectivity index (χ2v) is 6.91. The molecule has 0 unspecified atom stereocenters. The van der Waals surface area contributed by atoms with Gasteiger partial charge in [0.15, 0.2) is 12.3 Å². The zero-order valence-corrected chi connectivity index (χ0v) is 15.3. The first kappa shape index (κ1) is 18.2. The lowest BCUT2D eigenvalue weighted by molar-refractivity contribution is -0.135. The molecule has 1 saturated carbocycles. The lowest BCUT2D eigenvalue weighted by atomic mass is 9.94. The Balaban J connectivity index is 1.55. The number of carbonyl (C=O) groups is 2. The predicted molar refractivity (Wildman–Crippen MR) is 98.7 cm³/mol. The quantitative estimate of drug-likeness (QED) is 0.835. The van der Waals surface area contributed by atoms with Gasteiger partial charge in [0.2, 0.25) is 0 Å². The monoisotopic (exact) mass is 355 g/mol. The Bertz CT molecular complexity index is 761. The number of aromatic amines is 1. The highest BCUT2D eigenvalue weighted by Crippen LogP contribution is 2.22. The number of amides is 1. The first-order valence-corrected chi connectivity index (χ1v) is 9.10. The third-order valence-corrected chi connectivity index (χ3v) is 4.99. The Morgan fingerprint density at radius 3 is 2.58 bits per heavy atom. The van der Waals surface area contributed by atoms with E-state index in [4.69, 9.17) is 4.74 Å². The third-order valence-electron chi connectivity index (χ3n) is 4.99. The Morgan fingerprint density at radius 2 is 1.88 bits per heavy atom. The van der Waals surface area contributed by atoms with Crippen LogP contribution in [0, 0.1) is 6.92 Å². The molecule has 0 bridgehead atoms. The van der Waals surface area contributed by atoms with Crippen molar-refractivity contribution in [2.45, 2.75) is 45.1 Å². The SMILES string of the molecule is Cc1ccc(-c2cc(C(=O)OCC(=O)N(C)C3CCCCC3)n[nH]2)cc1. The normalized spacial score (nSPS) is 14.8. The molecule has 1 aliphatic carbocycles. The maximum atomic E-state index is 12.3. The van der Waals surface area contributed by atoms with Crippen LogP contribution in [0.5, 0.6) is 0 Å². The van der Waals surface area contributed by atoms with E-state index in [9.17, 15) is 9.59 Å². The highest BCUT2D eigenvalue weighted by molar-refractivity contribution is 5.90. The molecule has 0 spiro atoms. The van der Waals surface area contributed by atoms with E-state index in [0.717, 1.165) is 42.5 Å². The number of H-pyrrole nitrogens is 1. The van der Waals surface area contributed by atoms with Crippen LogP contribution in [-0.4, -0.2) is 46.7 Å². The van der Waals surface area contributed by atoms with Gasteiger partial charge in [0, 0.05) is 13.1 Å². The maximum absolute atomic E-state index is 12.3. The average Bonchev–Trinajstić information content (AvgIpc) is 3.16. The molecule has 0 saturated heterocycles. The number of ether oxygens (including phenoxy) is 1. The molecule has 0 atom stereocenters. The van der Waals surface area contributed by atoms with Gasteiger partial charge in [0.05, 0.1) is 5.69 Å². The Hall–Kier alpha value is -2.63. The van der Waals surface area contributed by atoms with Crippen LogP contribution >= 0.6 is 0 Å². The van der Waals surface area contributed by atoms with Gasteiger partial charge in [-0.15, -0.1) is 0 Å². The van der Waals surface area contributed by atoms with Gasteiger partial charge in [-0.3, -0.25) is 9.89 Å². The number of carbonyl (C=O) groups excluding carboxylic acids is 2. The minimum Gasteiger partial charge on any atom is -0.451 e. The fourth-order valence-corrected chi connectivity index (χ4v) is 3.28. The molecular weight excluding hydrogens is 330 g/mol. The van der Waals surface area contributed by atoms with Crippen molar-refractivity contribution in [1.82, 2.24) is 15.1 Å². The lowest BCUT2D eigenvalue weighted by Gasteiger charge is -2.31. The largest absolute Gasteiger partial charge is 0.451 e. The van der Waals surface area contributed by atoms with Crippen LogP contribution < -0.4 is 0 Å². The fourth-order valence-electron chi connectivity index (χ4n) is 3.28. The van der Waals surface area contributed by atoms with Crippen molar-refractivity contribution in [1.29, 1.82) is 0 Å². The van der Waals surface area contributed by atoms with E-state index in [-0.39, 0.29) is 24.2 Å². The van der Waals surface area contributed by atoms with E-state index in [0.29, 0.717) is 0 Å². The van der Waals surface area contributed by atoms with E-state index in [1.165, 1.54) is 6.42 Å². The van der Waals surface area contributed by atoms with Crippen molar-refractivity contribution in [3.05, 3.63) is 41.6 Å². The summed E-state index contributed by atoms with van der Waals surface area (Å²) in [5.74, 6) is -0.760. The summed E-state index contributed by atoms with van der Waals surface area (Å²) in [5.41, 5.74) is 3.01. The van der Waals surface area contributed by atoms with Gasteiger partial charge in [-0.25, -0.2) is 4.79 Å². The lowest BCUT2D eigenvalue weighted by Crippen LogP contribution is -2.40. The highest BCUT2D eigenvalue weighted by atomic mass is 16.5. The summed E-state index contributed by atoms with van der Waals surface area (Å²) in [5, 5.41) is 6.84. The van der Waals surface area contributed by atoms with E-state index < -0.39 is 5.97 Å². The molecule has 1 aromatic heterocycles. The second-order valence-electron chi connectivity index (χ2n) is 6.91. The van der Waals surface area contributed by atoms with Crippen LogP contribution in [0.3, 0.4) is 0 Å². The minimum atomic E-state index is -0.593. The number of nitrogens with zero attached hydrogens (tertiary/aromatic N) is 2. The van der Waals surface area contributed by atoms with Crippen LogP contribution in [-0.2, 0) is 9.53 Å². The Kier molecular flexibility index (Phi) is 5.71. The van der Waals surface area contributed by atoms with Crippen molar-refractivity contribution in [2.24, 2.45) is 0 Å². The zero-order chi connectivity index (χ0) is 18.5. The fraction of sp³-hybridized carbons (Fsp3) is 0.450. The minimum absolute atomic E-state index is 0.167. The van der Waals surface area contributed by atoms with Crippen LogP contribution in [0.1, 0.15) is 48.2 Å². The van der Waals surface area contributed by atoms with Gasteiger partial charge in [-0.1, -0.05) is 49.1 Å². The molecule has 2 aromatic rings. The van der Waals surface area contributed by atoms with Crippen molar-refractivity contribution >= 4 is 11.9 Å². The number of benzene rings is 1. The van der Waals surface area contributed by atoms with E-state index in [1.54, 1.807) is 18.0 Å². The summed E-state index contributed by atoms with van der Waals surface area (Å²) in [6.07, 6.45) is 5.58. The molecule has 1 aliphatic rings. The number of aryl methyl sites for hydroxylation is 1. The smallest absolute Gasteiger partial charge is 0.359 e. The standard InChI is InChI=1S/C20H25N3O3/c1-14-8-10-15(11-9-14)17-12-18(22-21-17)20(25)26-13-19(24)23(2)16-6-4-3-5-7-16/h8-12,16H,3-7,13H2,1-2H3,(H,21,22). The number of esters is 1. The molecule has 1 fully saturated rings. The maximum Gasteiger partial charge on any atom is 0.359 e. The molecule has 26 heavy (non-hydrogen) atoms. The second kappa shape index (κ2) is 8.17. The summed E-state index contributed by atoms with van der Waals surface area (Å²) in [6.45, 7) is 1.76. The van der Waals surface area contributed by atoms with Gasteiger partial charge < -0.3 is 9.64 Å². The molecular formula is C20H25N3O3. The van der Waals surface area contributed by atoms with Crippen LogP contribution in [0.25, 0.3) is 11.3 Å². The van der Waals surface area contributed by atoms with Crippen LogP contribution in [0.15, 0.2) is 30.3 Å². The third kappa shape index (κ3) is 4.31. The van der Waals surface area contributed by atoms with Crippen molar-refractivity contribution in [2.75, 3.05) is 13.7 Å². The number of hydrogen-bond donors (Lipinski definition) is 1. The van der Waals surface area contributed by atoms with Gasteiger partial charge in [0.1, 0.15) is 0 Å². The van der Waals surface area contributed by atoms with E-state index in [1.807, 2.05) is 31.2 Å². The first-order valence-electron chi connectivity index (χ1n) is 9.10. The molecule has 1 N–H and O–H groups in total. The number of aromatic nitrogens is 2. The first-order chi connectivity index (χ1) is 12.5. The summed E-state index contributed by atoms with van der Waals surface area (Å²) in [4.78, 5) is 26.1. The number of nitrogens with one attached hydrogen (secondary N) is 1. The zero-order valence-electron chi connectivity index (χ0n) is 15.3. The van der Waals surface area contributed by atoms with E-state index in [2.05, 4.69) is 10.2 Å². The Morgan fingerprint density at radius 1 is 1.19 bits per heavy atom. The molecule has 0 aliphatic heterocycles. The molecule has 1 heterocycles. The van der Waals surface area contributed by atoms with Gasteiger partial charge in [0.25, 0.3) is 5.91 Å². The predicted octanol–water partition coefficient (Wildman–Crippen LogP) is 3.33. The summed E-state index contributed by atoms with van der Waals surface area (Å²) >= 11 is 0. The number of rotatable bonds is 5. The molecule has 0 radical (unpaired) electrons. The van der Waals surface area contributed by atoms with Crippen molar-refractivity contribution in [3.8, 4) is 11.3 Å².